The number of carbonyl (C=O) groups is 4. The predicted octanol–water partition coefficient (Wildman–Crippen LogP) is -0.258. The molecule has 38 heavy (non-hydrogen) atoms. The number of H-pyrrole nitrogens is 1. The molecule has 1 heterocycles. The molecule has 0 aliphatic rings. The average Bonchev–Trinajstić information content (AvgIpc) is 3.33. The highest BCUT2D eigenvalue weighted by molar-refractivity contribution is 7.80. The van der Waals surface area contributed by atoms with Gasteiger partial charge in [0.2, 0.25) is 17.7 Å². The molecule has 4 atom stereocenters. The number of hydrogen-bond acceptors (Lipinski definition) is 7. The zero-order chi connectivity index (χ0) is 27.7. The van der Waals surface area contributed by atoms with E-state index < -0.39 is 54.5 Å². The quantitative estimate of drug-likeness (QED) is 0.137. The maximum absolute atomic E-state index is 13.3. The summed E-state index contributed by atoms with van der Waals surface area (Å²) < 4.78 is 0. The molecule has 4 unspecified atom stereocenters. The Morgan fingerprint density at radius 3 is 2.11 bits per heavy atom. The number of aromatic nitrogens is 1. The van der Waals surface area contributed by atoms with Crippen LogP contribution in [0.5, 0.6) is 0 Å². The Bertz CT molecular complexity index is 1270. The lowest BCUT2D eigenvalue weighted by molar-refractivity contribution is -0.142. The summed E-state index contributed by atoms with van der Waals surface area (Å²) in [6.07, 6.45) is 1.83. The van der Waals surface area contributed by atoms with Gasteiger partial charge >= 0.3 is 5.97 Å². The number of para-hydroxylation sites is 1. The molecule has 202 valence electrons. The minimum atomic E-state index is -1.24. The van der Waals surface area contributed by atoms with Crippen LogP contribution in [0.15, 0.2) is 60.8 Å². The summed E-state index contributed by atoms with van der Waals surface area (Å²) in [5.74, 6) is -3.53. The first-order chi connectivity index (χ1) is 18.2. The second-order valence-corrected chi connectivity index (χ2v) is 9.11. The van der Waals surface area contributed by atoms with Gasteiger partial charge in [0.15, 0.2) is 0 Å². The minimum absolute atomic E-state index is 0.0491. The van der Waals surface area contributed by atoms with Gasteiger partial charge in [-0.2, -0.15) is 12.6 Å². The van der Waals surface area contributed by atoms with Gasteiger partial charge < -0.3 is 36.9 Å². The van der Waals surface area contributed by atoms with Gasteiger partial charge in [0.05, 0.1) is 6.61 Å². The lowest BCUT2D eigenvalue weighted by Gasteiger charge is -2.24. The number of fused-ring (bicyclic) bond motifs is 1. The molecule has 0 radical (unpaired) electrons. The SMILES string of the molecule is NC(CO)C(=O)NC(Cc1c[nH]c2ccccc12)C(=O)NC(CS)C(=O)NC(Cc1ccccc1)C(=O)O. The van der Waals surface area contributed by atoms with Crippen LogP contribution in [0.25, 0.3) is 10.9 Å². The van der Waals surface area contributed by atoms with Crippen LogP contribution in [0.3, 0.4) is 0 Å². The van der Waals surface area contributed by atoms with E-state index in [0.717, 1.165) is 16.5 Å². The van der Waals surface area contributed by atoms with E-state index in [0.29, 0.717) is 5.56 Å². The minimum Gasteiger partial charge on any atom is -0.480 e. The van der Waals surface area contributed by atoms with Crippen molar-refractivity contribution < 1.29 is 29.4 Å². The van der Waals surface area contributed by atoms with E-state index in [1.54, 1.807) is 36.5 Å². The summed E-state index contributed by atoms with van der Waals surface area (Å²) in [4.78, 5) is 53.5. The van der Waals surface area contributed by atoms with Crippen molar-refractivity contribution >= 4 is 47.2 Å². The monoisotopic (exact) mass is 541 g/mol. The van der Waals surface area contributed by atoms with E-state index in [1.165, 1.54) is 0 Å². The number of rotatable bonds is 13. The van der Waals surface area contributed by atoms with E-state index in [2.05, 4.69) is 33.6 Å². The van der Waals surface area contributed by atoms with Crippen LogP contribution in [-0.4, -0.2) is 75.4 Å². The summed E-state index contributed by atoms with van der Waals surface area (Å²) in [6, 6.07) is 11.4. The largest absolute Gasteiger partial charge is 0.480 e. The first kappa shape index (κ1) is 28.7. The van der Waals surface area contributed by atoms with Gasteiger partial charge in [-0.05, 0) is 17.2 Å². The van der Waals surface area contributed by atoms with Crippen LogP contribution in [-0.2, 0) is 32.0 Å². The van der Waals surface area contributed by atoms with E-state index >= 15 is 0 Å². The molecule has 8 N–H and O–H groups in total. The Kier molecular flexibility index (Phi) is 10.3. The van der Waals surface area contributed by atoms with Crippen molar-refractivity contribution in [1.29, 1.82) is 0 Å². The fraction of sp³-hybridized carbons (Fsp3) is 0.308. The number of benzene rings is 2. The van der Waals surface area contributed by atoms with Crippen molar-refractivity contribution in [3.8, 4) is 0 Å². The van der Waals surface area contributed by atoms with Crippen molar-refractivity contribution in [2.45, 2.75) is 37.0 Å². The molecule has 1 aromatic heterocycles. The van der Waals surface area contributed by atoms with Crippen LogP contribution in [0, 0.1) is 0 Å². The molecule has 0 aliphatic carbocycles. The maximum Gasteiger partial charge on any atom is 0.326 e. The number of carboxylic acids is 1. The van der Waals surface area contributed by atoms with Crippen LogP contribution >= 0.6 is 12.6 Å². The molecule has 0 bridgehead atoms. The van der Waals surface area contributed by atoms with Gasteiger partial charge in [-0.25, -0.2) is 4.79 Å². The van der Waals surface area contributed by atoms with Gasteiger partial charge in [0.1, 0.15) is 24.2 Å². The summed E-state index contributed by atoms with van der Waals surface area (Å²) in [5, 5.41) is 27.2. The number of hydrogen-bond donors (Lipinski definition) is 8. The Morgan fingerprint density at radius 2 is 1.45 bits per heavy atom. The molecule has 0 spiro atoms. The van der Waals surface area contributed by atoms with E-state index in [9.17, 15) is 29.4 Å². The molecule has 3 rings (SSSR count). The Morgan fingerprint density at radius 1 is 0.842 bits per heavy atom. The number of carboxylic acid groups (broad SMARTS) is 1. The molecule has 0 aliphatic heterocycles. The number of aliphatic hydroxyl groups excluding tert-OH is 1. The van der Waals surface area contributed by atoms with Crippen LogP contribution in [0.2, 0.25) is 0 Å². The lowest BCUT2D eigenvalue weighted by atomic mass is 10.0. The van der Waals surface area contributed by atoms with Crippen LogP contribution in [0.1, 0.15) is 11.1 Å². The van der Waals surface area contributed by atoms with Crippen molar-refractivity contribution in [2.75, 3.05) is 12.4 Å². The average molecular weight is 542 g/mol. The molecule has 3 aromatic rings. The molecular formula is C26H31N5O6S. The zero-order valence-electron chi connectivity index (χ0n) is 20.5. The number of nitrogens with one attached hydrogen (secondary N) is 4. The number of aromatic amines is 1. The number of carbonyl (C=O) groups excluding carboxylic acids is 3. The third-order valence-electron chi connectivity index (χ3n) is 5.98. The second-order valence-electron chi connectivity index (χ2n) is 8.75. The normalized spacial score (nSPS) is 14.2. The molecule has 0 saturated carbocycles. The highest BCUT2D eigenvalue weighted by atomic mass is 32.1. The van der Waals surface area contributed by atoms with Crippen LogP contribution in [0.4, 0.5) is 0 Å². The molecular weight excluding hydrogens is 510 g/mol. The molecule has 12 heteroatoms. The van der Waals surface area contributed by atoms with E-state index in [-0.39, 0.29) is 18.6 Å². The molecule has 2 aromatic carbocycles. The standard InChI is InChI=1S/C26H31N5O6S/c27-18(13-32)23(33)29-20(11-16-12-28-19-9-5-4-8-17(16)19)24(34)31-22(14-38)25(35)30-21(26(36)37)10-15-6-2-1-3-7-15/h1-9,12,18,20-22,28,32,38H,10-11,13-14,27H2,(H,29,33)(H,30,35)(H,31,34)(H,36,37). The molecule has 3 amide bonds. The third-order valence-corrected chi connectivity index (χ3v) is 6.34. The second kappa shape index (κ2) is 13.6. The smallest absolute Gasteiger partial charge is 0.326 e. The number of aliphatic carboxylic acids is 1. The van der Waals surface area contributed by atoms with Gasteiger partial charge in [-0.3, -0.25) is 14.4 Å². The van der Waals surface area contributed by atoms with Crippen LogP contribution < -0.4 is 21.7 Å². The Labute approximate surface area is 224 Å². The summed E-state index contributed by atoms with van der Waals surface area (Å²) in [7, 11) is 0. The van der Waals surface area contributed by atoms with E-state index in [1.807, 2.05) is 24.3 Å². The Hall–Kier alpha value is -3.87. The van der Waals surface area contributed by atoms with Gasteiger partial charge in [0, 0.05) is 35.7 Å². The van der Waals surface area contributed by atoms with Crippen molar-refractivity contribution in [2.24, 2.45) is 5.73 Å². The highest BCUT2D eigenvalue weighted by Gasteiger charge is 2.30. The zero-order valence-corrected chi connectivity index (χ0v) is 21.4. The van der Waals surface area contributed by atoms with Gasteiger partial charge in [0.25, 0.3) is 0 Å². The predicted molar refractivity (Wildman–Crippen MR) is 144 cm³/mol. The fourth-order valence-electron chi connectivity index (χ4n) is 3.88. The third kappa shape index (κ3) is 7.57. The molecule has 0 fully saturated rings. The number of nitrogens with two attached hydrogens (primary N) is 1. The first-order valence-corrected chi connectivity index (χ1v) is 12.6. The highest BCUT2D eigenvalue weighted by Crippen LogP contribution is 2.19. The van der Waals surface area contributed by atoms with E-state index in [4.69, 9.17) is 5.73 Å². The van der Waals surface area contributed by atoms with Crippen molar-refractivity contribution in [3.05, 3.63) is 71.9 Å². The lowest BCUT2D eigenvalue weighted by Crippen LogP contribution is -2.58. The number of thiol groups is 1. The van der Waals surface area contributed by atoms with Crippen molar-refractivity contribution in [1.82, 2.24) is 20.9 Å². The summed E-state index contributed by atoms with van der Waals surface area (Å²) in [6.45, 7) is -0.618. The van der Waals surface area contributed by atoms with Crippen molar-refractivity contribution in [3.63, 3.8) is 0 Å². The summed E-state index contributed by atoms with van der Waals surface area (Å²) >= 11 is 4.16. The number of aliphatic hydroxyl groups is 1. The topological polar surface area (TPSA) is 187 Å². The Balaban J connectivity index is 1.75. The fourth-order valence-corrected chi connectivity index (χ4v) is 4.14. The number of amides is 3. The van der Waals surface area contributed by atoms with Gasteiger partial charge in [-0.1, -0.05) is 48.5 Å². The molecule has 11 nitrogen and oxygen atoms in total. The maximum atomic E-state index is 13.3. The van der Waals surface area contributed by atoms with Gasteiger partial charge in [-0.15, -0.1) is 0 Å². The first-order valence-electron chi connectivity index (χ1n) is 11.9. The molecule has 0 saturated heterocycles. The summed E-state index contributed by atoms with van der Waals surface area (Å²) in [5.41, 5.74) is 7.91.